The van der Waals surface area contributed by atoms with Gasteiger partial charge in [0.05, 0.1) is 7.11 Å². The van der Waals surface area contributed by atoms with Crippen molar-refractivity contribution in [3.05, 3.63) is 71.4 Å². The molecule has 24 heavy (non-hydrogen) atoms. The number of aromatic amines is 1. The zero-order valence-electron chi connectivity index (χ0n) is 12.9. The van der Waals surface area contributed by atoms with E-state index in [9.17, 15) is 4.79 Å². The SMILES string of the molecule is COc1cccc(C(=O)c2c[nH]c3ncc(-c4cccs4)cc23)c1. The topological polar surface area (TPSA) is 55.0 Å². The van der Waals surface area contributed by atoms with Gasteiger partial charge in [-0.25, -0.2) is 4.98 Å². The van der Waals surface area contributed by atoms with Crippen molar-refractivity contribution >= 4 is 28.2 Å². The first-order chi connectivity index (χ1) is 11.8. The average Bonchev–Trinajstić information content (AvgIpc) is 3.30. The van der Waals surface area contributed by atoms with Crippen molar-refractivity contribution in [2.24, 2.45) is 0 Å². The number of pyridine rings is 1. The minimum absolute atomic E-state index is 0.0507. The van der Waals surface area contributed by atoms with Gasteiger partial charge in [0, 0.05) is 39.3 Å². The minimum atomic E-state index is -0.0507. The van der Waals surface area contributed by atoms with Gasteiger partial charge in [0.1, 0.15) is 11.4 Å². The molecule has 3 aromatic heterocycles. The molecule has 118 valence electrons. The van der Waals surface area contributed by atoms with E-state index in [-0.39, 0.29) is 5.78 Å². The Morgan fingerprint density at radius 3 is 2.92 bits per heavy atom. The molecule has 1 aromatic carbocycles. The van der Waals surface area contributed by atoms with Gasteiger partial charge in [-0.2, -0.15) is 0 Å². The quantitative estimate of drug-likeness (QED) is 0.558. The lowest BCUT2D eigenvalue weighted by molar-refractivity contribution is 0.104. The van der Waals surface area contributed by atoms with E-state index >= 15 is 0 Å². The van der Waals surface area contributed by atoms with Crippen molar-refractivity contribution in [2.75, 3.05) is 7.11 Å². The van der Waals surface area contributed by atoms with Gasteiger partial charge < -0.3 is 9.72 Å². The van der Waals surface area contributed by atoms with E-state index in [1.165, 1.54) is 0 Å². The Hall–Kier alpha value is -2.92. The fourth-order valence-electron chi connectivity index (χ4n) is 2.69. The van der Waals surface area contributed by atoms with E-state index in [1.807, 2.05) is 41.9 Å². The first-order valence-corrected chi connectivity index (χ1v) is 8.34. The molecule has 1 N–H and O–H groups in total. The van der Waals surface area contributed by atoms with E-state index in [0.29, 0.717) is 22.5 Å². The van der Waals surface area contributed by atoms with Crippen LogP contribution >= 0.6 is 11.3 Å². The maximum absolute atomic E-state index is 12.9. The molecular formula is C19H14N2O2S. The molecule has 0 radical (unpaired) electrons. The summed E-state index contributed by atoms with van der Waals surface area (Å²) in [5.74, 6) is 0.614. The molecule has 4 nitrogen and oxygen atoms in total. The van der Waals surface area contributed by atoms with Crippen LogP contribution in [0.4, 0.5) is 0 Å². The summed E-state index contributed by atoms with van der Waals surface area (Å²) >= 11 is 1.65. The minimum Gasteiger partial charge on any atom is -0.497 e. The Labute approximate surface area is 142 Å². The Bertz CT molecular complexity index is 1020. The molecule has 4 rings (SSSR count). The highest BCUT2D eigenvalue weighted by Crippen LogP contribution is 2.29. The van der Waals surface area contributed by atoms with Crippen LogP contribution in [0.1, 0.15) is 15.9 Å². The molecular weight excluding hydrogens is 320 g/mol. The molecule has 4 aromatic rings. The molecule has 0 spiro atoms. The standard InChI is InChI=1S/C19H14N2O2S/c1-23-14-5-2-4-12(8-14)18(22)16-11-21-19-15(16)9-13(10-20-19)17-6-3-7-24-17/h2-11H,1H3,(H,20,21). The highest BCUT2D eigenvalue weighted by Gasteiger charge is 2.16. The van der Waals surface area contributed by atoms with Gasteiger partial charge in [-0.05, 0) is 29.6 Å². The maximum Gasteiger partial charge on any atom is 0.195 e. The van der Waals surface area contributed by atoms with Crippen LogP contribution in [0, 0.1) is 0 Å². The number of aromatic nitrogens is 2. The van der Waals surface area contributed by atoms with Crippen LogP contribution in [0.3, 0.4) is 0 Å². The predicted molar refractivity (Wildman–Crippen MR) is 95.8 cm³/mol. The second kappa shape index (κ2) is 5.94. The van der Waals surface area contributed by atoms with Crippen molar-refractivity contribution in [3.63, 3.8) is 0 Å². The van der Waals surface area contributed by atoms with Gasteiger partial charge in [0.2, 0.25) is 0 Å². The van der Waals surface area contributed by atoms with Gasteiger partial charge in [-0.1, -0.05) is 18.2 Å². The van der Waals surface area contributed by atoms with Crippen molar-refractivity contribution in [1.82, 2.24) is 9.97 Å². The molecule has 0 aliphatic heterocycles. The lowest BCUT2D eigenvalue weighted by Gasteiger charge is -2.04. The van der Waals surface area contributed by atoms with Crippen molar-refractivity contribution < 1.29 is 9.53 Å². The largest absolute Gasteiger partial charge is 0.497 e. The lowest BCUT2D eigenvalue weighted by atomic mass is 10.0. The zero-order valence-corrected chi connectivity index (χ0v) is 13.8. The molecule has 0 amide bonds. The van der Waals surface area contributed by atoms with Crippen LogP contribution in [-0.2, 0) is 0 Å². The first kappa shape index (κ1) is 14.7. The van der Waals surface area contributed by atoms with Crippen molar-refractivity contribution in [2.45, 2.75) is 0 Å². The summed E-state index contributed by atoms with van der Waals surface area (Å²) in [5, 5.41) is 2.85. The lowest BCUT2D eigenvalue weighted by Crippen LogP contribution is -2.00. The number of carbonyl (C=O) groups excluding carboxylic acids is 1. The summed E-state index contributed by atoms with van der Waals surface area (Å²) in [6.07, 6.45) is 3.54. The van der Waals surface area contributed by atoms with E-state index in [0.717, 1.165) is 15.8 Å². The summed E-state index contributed by atoms with van der Waals surface area (Å²) in [6, 6.07) is 13.2. The van der Waals surface area contributed by atoms with Gasteiger partial charge >= 0.3 is 0 Å². The third-order valence-corrected chi connectivity index (χ3v) is 4.83. The van der Waals surface area contributed by atoms with E-state index < -0.39 is 0 Å². The first-order valence-electron chi connectivity index (χ1n) is 7.46. The molecule has 0 atom stereocenters. The Morgan fingerprint density at radius 1 is 1.21 bits per heavy atom. The number of fused-ring (bicyclic) bond motifs is 1. The number of nitrogens with one attached hydrogen (secondary N) is 1. The predicted octanol–water partition coefficient (Wildman–Crippen LogP) is 4.53. The van der Waals surface area contributed by atoms with Crippen molar-refractivity contribution in [1.29, 1.82) is 0 Å². The fraction of sp³-hybridized carbons (Fsp3) is 0.0526. The Morgan fingerprint density at radius 2 is 2.12 bits per heavy atom. The molecule has 0 saturated carbocycles. The number of hydrogen-bond donors (Lipinski definition) is 1. The number of thiophene rings is 1. The van der Waals surface area contributed by atoms with E-state index in [1.54, 1.807) is 36.8 Å². The molecule has 0 aliphatic rings. The Kier molecular flexibility index (Phi) is 3.63. The third kappa shape index (κ3) is 2.49. The molecule has 0 bridgehead atoms. The molecule has 0 fully saturated rings. The summed E-state index contributed by atoms with van der Waals surface area (Å²) < 4.78 is 5.21. The van der Waals surface area contributed by atoms with E-state index in [4.69, 9.17) is 4.74 Å². The van der Waals surface area contributed by atoms with Gasteiger partial charge in [0.15, 0.2) is 5.78 Å². The van der Waals surface area contributed by atoms with Crippen LogP contribution in [-0.4, -0.2) is 22.9 Å². The average molecular weight is 334 g/mol. The number of nitrogens with zero attached hydrogens (tertiary/aromatic N) is 1. The molecule has 0 saturated heterocycles. The number of H-pyrrole nitrogens is 1. The van der Waals surface area contributed by atoms with Crippen LogP contribution in [0.5, 0.6) is 5.75 Å². The normalized spacial score (nSPS) is 10.9. The number of methoxy groups -OCH3 is 1. The van der Waals surface area contributed by atoms with Crippen LogP contribution in [0.25, 0.3) is 21.5 Å². The number of ketones is 1. The highest BCUT2D eigenvalue weighted by molar-refractivity contribution is 7.13. The number of carbonyl (C=O) groups is 1. The van der Waals surface area contributed by atoms with Crippen molar-refractivity contribution in [3.8, 4) is 16.2 Å². The monoisotopic (exact) mass is 334 g/mol. The maximum atomic E-state index is 12.9. The number of ether oxygens (including phenoxy) is 1. The molecule has 3 heterocycles. The number of hydrogen-bond acceptors (Lipinski definition) is 4. The van der Waals surface area contributed by atoms with Crippen LogP contribution in [0.15, 0.2) is 60.2 Å². The highest BCUT2D eigenvalue weighted by atomic mass is 32.1. The molecule has 5 heteroatoms. The molecule has 0 aliphatic carbocycles. The van der Waals surface area contributed by atoms with E-state index in [2.05, 4.69) is 9.97 Å². The third-order valence-electron chi connectivity index (χ3n) is 3.91. The van der Waals surface area contributed by atoms with Gasteiger partial charge in [-0.3, -0.25) is 4.79 Å². The summed E-state index contributed by atoms with van der Waals surface area (Å²) in [6.45, 7) is 0. The molecule has 0 unspecified atom stereocenters. The summed E-state index contributed by atoms with van der Waals surface area (Å²) in [7, 11) is 1.59. The van der Waals surface area contributed by atoms with Gasteiger partial charge in [-0.15, -0.1) is 11.3 Å². The summed E-state index contributed by atoms with van der Waals surface area (Å²) in [4.78, 5) is 21.5. The smallest absolute Gasteiger partial charge is 0.195 e. The van der Waals surface area contributed by atoms with Crippen LogP contribution < -0.4 is 4.74 Å². The Balaban J connectivity index is 1.81. The zero-order chi connectivity index (χ0) is 16.5. The van der Waals surface area contributed by atoms with Crippen LogP contribution in [0.2, 0.25) is 0 Å². The second-order valence-corrected chi connectivity index (χ2v) is 6.31. The second-order valence-electron chi connectivity index (χ2n) is 5.36. The number of benzene rings is 1. The summed E-state index contributed by atoms with van der Waals surface area (Å²) in [5.41, 5.74) is 2.93. The fourth-order valence-corrected chi connectivity index (χ4v) is 3.40. The number of rotatable bonds is 4. The van der Waals surface area contributed by atoms with Gasteiger partial charge in [0.25, 0.3) is 0 Å².